The first-order valence-electron chi connectivity index (χ1n) is 7.01. The molecule has 0 aliphatic heterocycles. The predicted molar refractivity (Wildman–Crippen MR) is 69.2 cm³/mol. The van der Waals surface area contributed by atoms with E-state index in [9.17, 15) is 5.11 Å². The number of rotatable bonds is 6. The van der Waals surface area contributed by atoms with Crippen molar-refractivity contribution in [1.82, 2.24) is 0 Å². The first kappa shape index (κ1) is 14.0. The normalized spacial score (nSPS) is 22.3. The molecule has 0 amide bonds. The van der Waals surface area contributed by atoms with Crippen molar-refractivity contribution >= 4 is 0 Å². The highest BCUT2D eigenvalue weighted by Gasteiger charge is 2.19. The van der Waals surface area contributed by atoms with Crippen molar-refractivity contribution in [2.24, 2.45) is 17.6 Å². The second kappa shape index (κ2) is 7.29. The van der Waals surface area contributed by atoms with E-state index in [1.807, 2.05) is 0 Å². The van der Waals surface area contributed by atoms with E-state index < -0.39 is 0 Å². The Morgan fingerprint density at radius 2 is 1.75 bits per heavy atom. The largest absolute Gasteiger partial charge is 0.393 e. The molecule has 0 heterocycles. The molecule has 1 aliphatic rings. The van der Waals surface area contributed by atoms with E-state index >= 15 is 0 Å². The molecular formula is C14H29NO. The smallest absolute Gasteiger partial charge is 0.0557 e. The van der Waals surface area contributed by atoms with E-state index in [1.165, 1.54) is 32.1 Å². The molecule has 0 spiro atoms. The van der Waals surface area contributed by atoms with E-state index in [0.717, 1.165) is 25.2 Å². The van der Waals surface area contributed by atoms with Crippen LogP contribution in [0, 0.1) is 11.8 Å². The average Bonchev–Trinajstić information content (AvgIpc) is 2.17. The maximum absolute atomic E-state index is 9.84. The Labute approximate surface area is 101 Å². The van der Waals surface area contributed by atoms with Crippen LogP contribution in [0.1, 0.15) is 65.2 Å². The fourth-order valence-corrected chi connectivity index (χ4v) is 2.94. The lowest BCUT2D eigenvalue weighted by atomic mass is 9.83. The molecule has 3 N–H and O–H groups in total. The summed E-state index contributed by atoms with van der Waals surface area (Å²) in [6.45, 7) is 4.30. The molecule has 16 heavy (non-hydrogen) atoms. The fourth-order valence-electron chi connectivity index (χ4n) is 2.94. The summed E-state index contributed by atoms with van der Waals surface area (Å²) in [5.74, 6) is 1.40. The van der Waals surface area contributed by atoms with E-state index in [4.69, 9.17) is 5.73 Å². The van der Waals surface area contributed by atoms with Crippen molar-refractivity contribution in [1.29, 1.82) is 0 Å². The number of nitrogens with two attached hydrogens (primary N) is 1. The molecule has 1 rings (SSSR count). The molecule has 1 saturated carbocycles. The third-order valence-electron chi connectivity index (χ3n) is 3.68. The van der Waals surface area contributed by atoms with E-state index in [-0.39, 0.29) is 12.1 Å². The van der Waals surface area contributed by atoms with E-state index in [1.54, 1.807) is 0 Å². The molecule has 1 aliphatic carbocycles. The van der Waals surface area contributed by atoms with Crippen LogP contribution in [0.5, 0.6) is 0 Å². The lowest BCUT2D eigenvalue weighted by Gasteiger charge is -2.26. The van der Waals surface area contributed by atoms with Crippen LogP contribution in [0.25, 0.3) is 0 Å². The van der Waals surface area contributed by atoms with Gasteiger partial charge in [-0.15, -0.1) is 0 Å². The topological polar surface area (TPSA) is 46.2 Å². The summed E-state index contributed by atoms with van der Waals surface area (Å²) < 4.78 is 0. The molecule has 0 unspecified atom stereocenters. The zero-order valence-electron chi connectivity index (χ0n) is 11.0. The van der Waals surface area contributed by atoms with Crippen LogP contribution in [0.2, 0.25) is 0 Å². The molecule has 96 valence electrons. The molecule has 2 atom stereocenters. The second-order valence-electron chi connectivity index (χ2n) is 6.02. The summed E-state index contributed by atoms with van der Waals surface area (Å²) in [5.41, 5.74) is 6.12. The van der Waals surface area contributed by atoms with Crippen LogP contribution in [0.4, 0.5) is 0 Å². The first-order chi connectivity index (χ1) is 7.58. The van der Waals surface area contributed by atoms with Crippen LogP contribution in [-0.2, 0) is 0 Å². The van der Waals surface area contributed by atoms with Gasteiger partial charge in [-0.25, -0.2) is 0 Å². The van der Waals surface area contributed by atoms with Crippen LogP contribution in [0.15, 0.2) is 0 Å². The molecule has 0 aromatic heterocycles. The fraction of sp³-hybridized carbons (Fsp3) is 1.00. The highest BCUT2D eigenvalue weighted by molar-refractivity contribution is 4.75. The van der Waals surface area contributed by atoms with Crippen LogP contribution < -0.4 is 5.73 Å². The van der Waals surface area contributed by atoms with Gasteiger partial charge in [-0.05, 0) is 31.1 Å². The quantitative estimate of drug-likeness (QED) is 0.732. The van der Waals surface area contributed by atoms with Gasteiger partial charge in [0.25, 0.3) is 0 Å². The second-order valence-corrected chi connectivity index (χ2v) is 6.02. The maximum Gasteiger partial charge on any atom is 0.0557 e. The summed E-state index contributed by atoms with van der Waals surface area (Å²) >= 11 is 0. The molecule has 0 saturated heterocycles. The molecule has 2 heteroatoms. The Balaban J connectivity index is 2.15. The van der Waals surface area contributed by atoms with Crippen molar-refractivity contribution in [2.45, 2.75) is 77.4 Å². The number of aliphatic hydroxyl groups excluding tert-OH is 1. The Bertz CT molecular complexity index is 176. The monoisotopic (exact) mass is 227 g/mol. The highest BCUT2D eigenvalue weighted by Crippen LogP contribution is 2.27. The Morgan fingerprint density at radius 3 is 2.31 bits per heavy atom. The third kappa shape index (κ3) is 5.86. The average molecular weight is 227 g/mol. The van der Waals surface area contributed by atoms with Crippen LogP contribution in [0.3, 0.4) is 0 Å². The Kier molecular flexibility index (Phi) is 6.37. The van der Waals surface area contributed by atoms with Gasteiger partial charge in [0.2, 0.25) is 0 Å². The van der Waals surface area contributed by atoms with Gasteiger partial charge in [0.15, 0.2) is 0 Å². The van der Waals surface area contributed by atoms with E-state index in [2.05, 4.69) is 13.8 Å². The molecule has 0 bridgehead atoms. The summed E-state index contributed by atoms with van der Waals surface area (Å²) in [7, 11) is 0. The SMILES string of the molecule is CC(C)C[C@H](O)C[C@@H](N)CC1CCCCC1. The molecule has 0 radical (unpaired) electrons. The standard InChI is InChI=1S/C14H29NO/c1-11(2)8-14(16)10-13(15)9-12-6-4-3-5-7-12/h11-14,16H,3-10,15H2,1-2H3/t13-,14-/m0/s1. The van der Waals surface area contributed by atoms with Crippen molar-refractivity contribution in [3.8, 4) is 0 Å². The maximum atomic E-state index is 9.84. The zero-order chi connectivity index (χ0) is 12.0. The number of aliphatic hydroxyl groups is 1. The summed E-state index contributed by atoms with van der Waals surface area (Å²) in [5, 5.41) is 9.84. The minimum absolute atomic E-state index is 0.196. The first-order valence-corrected chi connectivity index (χ1v) is 7.01. The third-order valence-corrected chi connectivity index (χ3v) is 3.68. The minimum atomic E-state index is -0.196. The van der Waals surface area contributed by atoms with Gasteiger partial charge in [0.05, 0.1) is 6.10 Å². The van der Waals surface area contributed by atoms with E-state index in [0.29, 0.717) is 5.92 Å². The summed E-state index contributed by atoms with van der Waals surface area (Å²) in [6, 6.07) is 0.205. The van der Waals surface area contributed by atoms with Gasteiger partial charge >= 0.3 is 0 Å². The predicted octanol–water partition coefficient (Wildman–Crippen LogP) is 3.08. The van der Waals surface area contributed by atoms with Crippen LogP contribution in [-0.4, -0.2) is 17.3 Å². The van der Waals surface area contributed by atoms with Gasteiger partial charge in [0, 0.05) is 6.04 Å². The summed E-state index contributed by atoms with van der Waals surface area (Å²) in [4.78, 5) is 0. The van der Waals surface area contributed by atoms with Crippen LogP contribution >= 0.6 is 0 Å². The van der Waals surface area contributed by atoms with Crippen molar-refractivity contribution in [2.75, 3.05) is 0 Å². The lowest BCUT2D eigenvalue weighted by molar-refractivity contribution is 0.126. The number of hydrogen-bond donors (Lipinski definition) is 2. The van der Waals surface area contributed by atoms with Gasteiger partial charge in [0.1, 0.15) is 0 Å². The van der Waals surface area contributed by atoms with Gasteiger partial charge < -0.3 is 10.8 Å². The zero-order valence-corrected chi connectivity index (χ0v) is 11.0. The number of hydrogen-bond acceptors (Lipinski definition) is 2. The van der Waals surface area contributed by atoms with Crippen molar-refractivity contribution < 1.29 is 5.11 Å². The van der Waals surface area contributed by atoms with Crippen molar-refractivity contribution in [3.05, 3.63) is 0 Å². The molecule has 0 aromatic carbocycles. The minimum Gasteiger partial charge on any atom is -0.393 e. The van der Waals surface area contributed by atoms with Gasteiger partial charge in [-0.3, -0.25) is 0 Å². The lowest BCUT2D eigenvalue weighted by Crippen LogP contribution is -2.29. The van der Waals surface area contributed by atoms with Crippen molar-refractivity contribution in [3.63, 3.8) is 0 Å². The summed E-state index contributed by atoms with van der Waals surface area (Å²) in [6.07, 6.45) is 9.47. The molecule has 1 fully saturated rings. The Hall–Kier alpha value is -0.0800. The van der Waals surface area contributed by atoms with Gasteiger partial charge in [-0.2, -0.15) is 0 Å². The molecule has 0 aromatic rings. The Morgan fingerprint density at radius 1 is 1.12 bits per heavy atom. The van der Waals surface area contributed by atoms with Gasteiger partial charge in [-0.1, -0.05) is 46.0 Å². The molecule has 2 nitrogen and oxygen atoms in total. The highest BCUT2D eigenvalue weighted by atomic mass is 16.3. The molecular weight excluding hydrogens is 198 g/mol.